The summed E-state index contributed by atoms with van der Waals surface area (Å²) < 4.78 is 5.77. The minimum Gasteiger partial charge on any atom is -0.489 e. The lowest BCUT2D eigenvalue weighted by Gasteiger charge is -2.06. The van der Waals surface area contributed by atoms with Gasteiger partial charge in [0.25, 0.3) is 5.91 Å². The number of rotatable bonds is 6. The molecule has 0 aromatic heterocycles. The molecule has 0 atom stereocenters. The van der Waals surface area contributed by atoms with Crippen LogP contribution in [0.4, 0.5) is 0 Å². The molecule has 0 fully saturated rings. The third kappa shape index (κ3) is 5.05. The number of benzene rings is 3. The summed E-state index contributed by atoms with van der Waals surface area (Å²) in [6.07, 6.45) is 1.60. The SMILES string of the molecule is Cc1ccc(COc2ccc(C=NNC(=O)c3ccccc3)cc2)cc1. The Labute approximate surface area is 153 Å². The third-order valence-electron chi connectivity index (χ3n) is 3.82. The Morgan fingerprint density at radius 1 is 0.962 bits per heavy atom. The van der Waals surface area contributed by atoms with Crippen molar-refractivity contribution in [2.75, 3.05) is 0 Å². The first-order valence-electron chi connectivity index (χ1n) is 8.37. The molecule has 0 aliphatic rings. The highest BCUT2D eigenvalue weighted by Gasteiger charge is 2.01. The molecule has 0 aliphatic carbocycles. The number of carbonyl (C=O) groups is 1. The largest absolute Gasteiger partial charge is 0.489 e. The summed E-state index contributed by atoms with van der Waals surface area (Å²) in [6.45, 7) is 2.59. The van der Waals surface area contributed by atoms with Crippen LogP contribution in [-0.4, -0.2) is 12.1 Å². The Morgan fingerprint density at radius 3 is 2.35 bits per heavy atom. The highest BCUT2D eigenvalue weighted by atomic mass is 16.5. The average Bonchev–Trinajstić information content (AvgIpc) is 2.69. The van der Waals surface area contributed by atoms with Crippen molar-refractivity contribution in [1.29, 1.82) is 0 Å². The predicted molar refractivity (Wildman–Crippen MR) is 103 cm³/mol. The van der Waals surface area contributed by atoms with Crippen LogP contribution < -0.4 is 10.2 Å². The van der Waals surface area contributed by atoms with E-state index in [9.17, 15) is 4.79 Å². The smallest absolute Gasteiger partial charge is 0.271 e. The second-order valence-electron chi connectivity index (χ2n) is 5.91. The van der Waals surface area contributed by atoms with Gasteiger partial charge in [-0.25, -0.2) is 5.43 Å². The molecule has 1 N–H and O–H groups in total. The summed E-state index contributed by atoms with van der Waals surface area (Å²) in [4.78, 5) is 11.9. The fourth-order valence-corrected chi connectivity index (χ4v) is 2.32. The molecular formula is C22H20N2O2. The molecule has 0 spiro atoms. The number of hydrogen-bond donors (Lipinski definition) is 1. The van der Waals surface area contributed by atoms with Crippen molar-refractivity contribution in [3.8, 4) is 5.75 Å². The zero-order valence-corrected chi connectivity index (χ0v) is 14.6. The van der Waals surface area contributed by atoms with Gasteiger partial charge in [-0.3, -0.25) is 4.79 Å². The van der Waals surface area contributed by atoms with Gasteiger partial charge >= 0.3 is 0 Å². The molecule has 1 amide bonds. The molecule has 4 nitrogen and oxygen atoms in total. The summed E-state index contributed by atoms with van der Waals surface area (Å²) in [6, 6.07) is 24.8. The van der Waals surface area contributed by atoms with Gasteiger partial charge < -0.3 is 4.74 Å². The standard InChI is InChI=1S/C22H20N2O2/c1-17-7-9-19(10-8-17)16-26-21-13-11-18(12-14-21)15-23-24-22(25)20-5-3-2-4-6-20/h2-15H,16H2,1H3,(H,24,25). The summed E-state index contributed by atoms with van der Waals surface area (Å²) in [7, 11) is 0. The number of nitrogens with zero attached hydrogens (tertiary/aromatic N) is 1. The Hall–Kier alpha value is -3.40. The van der Waals surface area contributed by atoms with E-state index in [0.29, 0.717) is 12.2 Å². The zero-order chi connectivity index (χ0) is 18.2. The molecule has 4 heteroatoms. The Bertz CT molecular complexity index is 870. The van der Waals surface area contributed by atoms with Crippen LogP contribution in [0.25, 0.3) is 0 Å². The Balaban J connectivity index is 1.51. The van der Waals surface area contributed by atoms with Crippen molar-refractivity contribution in [3.63, 3.8) is 0 Å². The van der Waals surface area contributed by atoms with E-state index in [0.717, 1.165) is 16.9 Å². The van der Waals surface area contributed by atoms with E-state index < -0.39 is 0 Å². The van der Waals surface area contributed by atoms with Gasteiger partial charge in [0, 0.05) is 5.56 Å². The summed E-state index contributed by atoms with van der Waals surface area (Å²) in [5.74, 6) is 0.552. The fourth-order valence-electron chi connectivity index (χ4n) is 2.32. The summed E-state index contributed by atoms with van der Waals surface area (Å²) in [5.41, 5.74) is 6.32. The fraction of sp³-hybridized carbons (Fsp3) is 0.0909. The molecule has 3 rings (SSSR count). The lowest BCUT2D eigenvalue weighted by molar-refractivity contribution is 0.0955. The molecule has 3 aromatic rings. The molecule has 26 heavy (non-hydrogen) atoms. The monoisotopic (exact) mass is 344 g/mol. The van der Waals surface area contributed by atoms with Crippen LogP contribution in [0.5, 0.6) is 5.75 Å². The topological polar surface area (TPSA) is 50.7 Å². The lowest BCUT2D eigenvalue weighted by atomic mass is 10.2. The molecule has 0 bridgehead atoms. The van der Waals surface area contributed by atoms with E-state index >= 15 is 0 Å². The highest BCUT2D eigenvalue weighted by Crippen LogP contribution is 2.14. The van der Waals surface area contributed by atoms with Crippen molar-refractivity contribution in [1.82, 2.24) is 5.43 Å². The van der Waals surface area contributed by atoms with Gasteiger partial charge in [0.1, 0.15) is 12.4 Å². The van der Waals surface area contributed by atoms with Crippen LogP contribution in [-0.2, 0) is 6.61 Å². The van der Waals surface area contributed by atoms with Crippen LogP contribution in [0.1, 0.15) is 27.0 Å². The van der Waals surface area contributed by atoms with Crippen LogP contribution in [0.2, 0.25) is 0 Å². The van der Waals surface area contributed by atoms with Crippen LogP contribution in [0.3, 0.4) is 0 Å². The second kappa shape index (κ2) is 8.62. The first-order chi connectivity index (χ1) is 12.7. The maximum Gasteiger partial charge on any atom is 0.271 e. The minimum atomic E-state index is -0.236. The van der Waals surface area contributed by atoms with E-state index in [-0.39, 0.29) is 5.91 Å². The van der Waals surface area contributed by atoms with Crippen molar-refractivity contribution in [2.24, 2.45) is 5.10 Å². The van der Waals surface area contributed by atoms with Gasteiger partial charge in [-0.1, -0.05) is 48.0 Å². The van der Waals surface area contributed by atoms with E-state index in [4.69, 9.17) is 4.74 Å². The molecule has 130 valence electrons. The first-order valence-corrected chi connectivity index (χ1v) is 8.37. The van der Waals surface area contributed by atoms with Gasteiger partial charge in [-0.15, -0.1) is 0 Å². The predicted octanol–water partition coefficient (Wildman–Crippen LogP) is 4.34. The summed E-state index contributed by atoms with van der Waals surface area (Å²) >= 11 is 0. The minimum absolute atomic E-state index is 0.236. The molecule has 0 heterocycles. The van der Waals surface area contributed by atoms with E-state index in [1.807, 2.05) is 42.5 Å². The first kappa shape index (κ1) is 17.4. The van der Waals surface area contributed by atoms with Gasteiger partial charge in [0.05, 0.1) is 6.21 Å². The number of ether oxygens (including phenoxy) is 1. The van der Waals surface area contributed by atoms with E-state index in [2.05, 4.69) is 41.7 Å². The molecule has 0 saturated carbocycles. The number of carbonyl (C=O) groups excluding carboxylic acids is 1. The lowest BCUT2D eigenvalue weighted by Crippen LogP contribution is -2.17. The van der Waals surface area contributed by atoms with Gasteiger partial charge in [-0.05, 0) is 54.4 Å². The number of amides is 1. The quantitative estimate of drug-likeness (QED) is 0.534. The number of nitrogens with one attached hydrogen (secondary N) is 1. The molecule has 0 aliphatic heterocycles. The third-order valence-corrected chi connectivity index (χ3v) is 3.82. The average molecular weight is 344 g/mol. The van der Waals surface area contributed by atoms with Crippen LogP contribution in [0.15, 0.2) is 84.0 Å². The molecular weight excluding hydrogens is 324 g/mol. The summed E-state index contributed by atoms with van der Waals surface area (Å²) in [5, 5.41) is 3.98. The Kier molecular flexibility index (Phi) is 5.78. The number of hydrazone groups is 1. The van der Waals surface area contributed by atoms with Crippen molar-refractivity contribution >= 4 is 12.1 Å². The van der Waals surface area contributed by atoms with E-state index in [1.165, 1.54) is 5.56 Å². The number of aryl methyl sites for hydroxylation is 1. The van der Waals surface area contributed by atoms with Crippen molar-refractivity contribution < 1.29 is 9.53 Å². The maximum atomic E-state index is 11.9. The maximum absolute atomic E-state index is 11.9. The molecule has 3 aromatic carbocycles. The van der Waals surface area contributed by atoms with Crippen LogP contribution in [0, 0.1) is 6.92 Å². The Morgan fingerprint density at radius 2 is 1.65 bits per heavy atom. The van der Waals surface area contributed by atoms with Gasteiger partial charge in [0.2, 0.25) is 0 Å². The van der Waals surface area contributed by atoms with Crippen molar-refractivity contribution in [2.45, 2.75) is 13.5 Å². The molecule has 0 radical (unpaired) electrons. The normalized spacial score (nSPS) is 10.7. The number of hydrogen-bond acceptors (Lipinski definition) is 3. The molecule has 0 saturated heterocycles. The highest BCUT2D eigenvalue weighted by molar-refractivity contribution is 5.94. The van der Waals surface area contributed by atoms with Gasteiger partial charge in [-0.2, -0.15) is 5.10 Å². The second-order valence-corrected chi connectivity index (χ2v) is 5.91. The van der Waals surface area contributed by atoms with Gasteiger partial charge in [0.15, 0.2) is 0 Å². The molecule has 0 unspecified atom stereocenters. The van der Waals surface area contributed by atoms with Crippen molar-refractivity contribution in [3.05, 3.63) is 101 Å². The zero-order valence-electron chi connectivity index (χ0n) is 14.6. The van der Waals surface area contributed by atoms with E-state index in [1.54, 1.807) is 18.3 Å². The van der Waals surface area contributed by atoms with Crippen LogP contribution >= 0.6 is 0 Å².